The molecule has 2 rings (SSSR count). The zero-order chi connectivity index (χ0) is 10.8. The topological polar surface area (TPSA) is 73.6 Å². The quantitative estimate of drug-likeness (QED) is 0.688. The largest absolute Gasteiger partial charge is 0.462 e. The van der Waals surface area contributed by atoms with Gasteiger partial charge in [-0.1, -0.05) is 0 Å². The molecule has 0 saturated carbocycles. The maximum atomic E-state index is 11.7. The Morgan fingerprint density at radius 3 is 3.20 bits per heavy atom. The van der Waals surface area contributed by atoms with Gasteiger partial charge in [-0.15, -0.1) is 11.3 Å². The van der Waals surface area contributed by atoms with Gasteiger partial charge in [0.15, 0.2) is 0 Å². The summed E-state index contributed by atoms with van der Waals surface area (Å²) in [5.41, 5.74) is -0.514. The van der Waals surface area contributed by atoms with Gasteiger partial charge < -0.3 is 4.74 Å². The van der Waals surface area contributed by atoms with Gasteiger partial charge in [-0.2, -0.15) is 9.61 Å². The van der Waals surface area contributed by atoms with Crippen molar-refractivity contribution in [2.24, 2.45) is 0 Å². The van der Waals surface area contributed by atoms with Crippen LogP contribution < -0.4 is 5.56 Å². The van der Waals surface area contributed by atoms with E-state index < -0.39 is 11.5 Å². The molecule has 6 nitrogen and oxygen atoms in total. The van der Waals surface area contributed by atoms with Crippen LogP contribution in [-0.4, -0.2) is 27.2 Å². The van der Waals surface area contributed by atoms with Crippen LogP contribution in [0.4, 0.5) is 0 Å². The van der Waals surface area contributed by atoms with E-state index in [0.717, 1.165) is 4.52 Å². The Balaban J connectivity index is 2.57. The summed E-state index contributed by atoms with van der Waals surface area (Å²) in [4.78, 5) is 27.3. The minimum atomic E-state index is -0.629. The summed E-state index contributed by atoms with van der Waals surface area (Å²) in [5.74, 6) is -0.629. The molecule has 0 radical (unpaired) electrons. The molecule has 15 heavy (non-hydrogen) atoms. The van der Waals surface area contributed by atoms with Crippen molar-refractivity contribution in [3.63, 3.8) is 0 Å². The van der Waals surface area contributed by atoms with Gasteiger partial charge in [-0.25, -0.2) is 9.78 Å². The second-order valence-electron chi connectivity index (χ2n) is 2.63. The molecule has 2 heterocycles. The van der Waals surface area contributed by atoms with E-state index in [-0.39, 0.29) is 12.2 Å². The fourth-order valence-corrected chi connectivity index (χ4v) is 1.83. The first kappa shape index (κ1) is 9.78. The number of carbonyl (C=O) groups is 1. The van der Waals surface area contributed by atoms with Crippen LogP contribution in [0.3, 0.4) is 0 Å². The molecule has 2 aromatic heterocycles. The average Bonchev–Trinajstić information content (AvgIpc) is 2.67. The van der Waals surface area contributed by atoms with Crippen LogP contribution >= 0.6 is 11.3 Å². The van der Waals surface area contributed by atoms with Gasteiger partial charge >= 0.3 is 5.97 Å². The Morgan fingerprint density at radius 1 is 1.67 bits per heavy atom. The predicted molar refractivity (Wildman–Crippen MR) is 53.1 cm³/mol. The van der Waals surface area contributed by atoms with Crippen LogP contribution in [0.1, 0.15) is 17.3 Å². The second-order valence-corrected chi connectivity index (χ2v) is 3.47. The monoisotopic (exact) mass is 225 g/mol. The highest BCUT2D eigenvalue weighted by atomic mass is 32.1. The van der Waals surface area contributed by atoms with Gasteiger partial charge in [0.25, 0.3) is 5.56 Å². The van der Waals surface area contributed by atoms with Crippen molar-refractivity contribution in [3.8, 4) is 0 Å². The number of ether oxygens (including phenoxy) is 1. The fraction of sp³-hybridized carbons (Fsp3) is 0.250. The molecule has 0 aliphatic heterocycles. The van der Waals surface area contributed by atoms with Crippen molar-refractivity contribution in [3.05, 3.63) is 27.6 Å². The average molecular weight is 225 g/mol. The lowest BCUT2D eigenvalue weighted by Crippen LogP contribution is -2.22. The molecule has 0 fully saturated rings. The Labute approximate surface area is 88.1 Å². The number of hydrogen-bond acceptors (Lipinski definition) is 6. The van der Waals surface area contributed by atoms with E-state index in [4.69, 9.17) is 4.74 Å². The first-order chi connectivity index (χ1) is 7.24. The number of rotatable bonds is 2. The molecule has 0 aromatic carbocycles. The number of esters is 1. The summed E-state index contributed by atoms with van der Waals surface area (Å²) in [6, 6.07) is 0. The van der Waals surface area contributed by atoms with Gasteiger partial charge in [0.1, 0.15) is 11.9 Å². The van der Waals surface area contributed by atoms with Crippen molar-refractivity contribution in [1.29, 1.82) is 0 Å². The summed E-state index contributed by atoms with van der Waals surface area (Å²) < 4.78 is 5.82. The number of nitrogens with zero attached hydrogens (tertiary/aromatic N) is 3. The van der Waals surface area contributed by atoms with E-state index >= 15 is 0 Å². The van der Waals surface area contributed by atoms with Gasteiger partial charge in [0, 0.05) is 5.38 Å². The third-order valence-electron chi connectivity index (χ3n) is 1.72. The van der Waals surface area contributed by atoms with Gasteiger partial charge in [-0.3, -0.25) is 4.79 Å². The first-order valence-corrected chi connectivity index (χ1v) is 5.10. The van der Waals surface area contributed by atoms with Gasteiger partial charge in [0.2, 0.25) is 4.96 Å². The van der Waals surface area contributed by atoms with E-state index in [1.165, 1.54) is 23.0 Å². The third-order valence-corrected chi connectivity index (χ3v) is 2.56. The third kappa shape index (κ3) is 1.61. The zero-order valence-electron chi connectivity index (χ0n) is 7.84. The van der Waals surface area contributed by atoms with E-state index in [9.17, 15) is 9.59 Å². The molecule has 0 aliphatic carbocycles. The van der Waals surface area contributed by atoms with Crippen LogP contribution in [0.15, 0.2) is 16.5 Å². The van der Waals surface area contributed by atoms with Gasteiger partial charge in [-0.05, 0) is 6.92 Å². The van der Waals surface area contributed by atoms with Crippen LogP contribution in [-0.2, 0) is 4.74 Å². The van der Waals surface area contributed by atoms with E-state index in [1.807, 2.05) is 0 Å². The minimum Gasteiger partial charge on any atom is -0.462 e. The smallest absolute Gasteiger partial charge is 0.344 e. The van der Waals surface area contributed by atoms with Crippen molar-refractivity contribution < 1.29 is 9.53 Å². The van der Waals surface area contributed by atoms with Crippen LogP contribution in [0.25, 0.3) is 4.96 Å². The zero-order valence-corrected chi connectivity index (χ0v) is 8.65. The molecular formula is C8H7N3O3S. The molecular weight excluding hydrogens is 218 g/mol. The lowest BCUT2D eigenvalue weighted by molar-refractivity contribution is 0.0524. The highest BCUT2D eigenvalue weighted by molar-refractivity contribution is 7.15. The van der Waals surface area contributed by atoms with Crippen molar-refractivity contribution in [2.45, 2.75) is 6.92 Å². The molecule has 0 saturated heterocycles. The SMILES string of the molecule is CCOC(=O)c1csc2ncnn2c1=O. The van der Waals surface area contributed by atoms with Crippen LogP contribution in [0, 0.1) is 0 Å². The number of fused-ring (bicyclic) bond motifs is 1. The molecule has 0 spiro atoms. The van der Waals surface area contributed by atoms with E-state index in [1.54, 1.807) is 6.92 Å². The Morgan fingerprint density at radius 2 is 2.47 bits per heavy atom. The Kier molecular flexibility index (Phi) is 2.46. The first-order valence-electron chi connectivity index (χ1n) is 4.22. The van der Waals surface area contributed by atoms with Crippen LogP contribution in [0.2, 0.25) is 0 Å². The second kappa shape index (κ2) is 3.77. The highest BCUT2D eigenvalue weighted by Crippen LogP contribution is 2.06. The molecule has 2 aromatic rings. The maximum absolute atomic E-state index is 11.7. The van der Waals surface area contributed by atoms with Gasteiger partial charge in [0.05, 0.1) is 6.61 Å². The Bertz CT molecular complexity index is 560. The molecule has 7 heteroatoms. The van der Waals surface area contributed by atoms with E-state index in [0.29, 0.717) is 4.96 Å². The number of hydrogen-bond donors (Lipinski definition) is 0. The Hall–Kier alpha value is -1.76. The standard InChI is InChI=1S/C8H7N3O3S/c1-2-14-7(13)5-3-15-8-9-4-10-11(8)6(5)12/h3-4H,2H2,1H3. The number of carbonyl (C=O) groups excluding carboxylic acids is 1. The predicted octanol–water partition coefficient (Wildman–Crippen LogP) is 0.328. The summed E-state index contributed by atoms with van der Waals surface area (Å²) in [5, 5.41) is 5.15. The molecule has 0 bridgehead atoms. The van der Waals surface area contributed by atoms with Crippen LogP contribution in [0.5, 0.6) is 0 Å². The molecule has 0 N–H and O–H groups in total. The molecule has 0 atom stereocenters. The summed E-state index contributed by atoms with van der Waals surface area (Å²) in [7, 11) is 0. The maximum Gasteiger partial charge on any atom is 0.344 e. The fourth-order valence-electron chi connectivity index (χ4n) is 1.07. The summed E-state index contributed by atoms with van der Waals surface area (Å²) in [6.45, 7) is 1.91. The van der Waals surface area contributed by atoms with Crippen molar-refractivity contribution in [2.75, 3.05) is 6.61 Å². The summed E-state index contributed by atoms with van der Waals surface area (Å²) >= 11 is 1.17. The minimum absolute atomic E-state index is 0.0140. The number of aromatic nitrogens is 3. The lowest BCUT2D eigenvalue weighted by atomic mass is 10.4. The molecule has 0 amide bonds. The highest BCUT2D eigenvalue weighted by Gasteiger charge is 2.14. The normalized spacial score (nSPS) is 10.5. The molecule has 78 valence electrons. The van der Waals surface area contributed by atoms with Crippen molar-refractivity contribution in [1.82, 2.24) is 14.6 Å². The van der Waals surface area contributed by atoms with E-state index in [2.05, 4.69) is 10.1 Å². The van der Waals surface area contributed by atoms with Crippen molar-refractivity contribution >= 4 is 22.3 Å². The summed E-state index contributed by atoms with van der Waals surface area (Å²) in [6.07, 6.45) is 1.27. The lowest BCUT2D eigenvalue weighted by Gasteiger charge is -1.99. The molecule has 0 unspecified atom stereocenters. The molecule has 0 aliphatic rings.